The molecule has 4 rings (SSSR count). The number of hydrogen-bond donors (Lipinski definition) is 0. The van der Waals surface area contributed by atoms with Gasteiger partial charge in [0.1, 0.15) is 0 Å². The van der Waals surface area contributed by atoms with E-state index < -0.39 is 0 Å². The fourth-order valence-electron chi connectivity index (χ4n) is 9.32. The Hall–Kier alpha value is 0. The van der Waals surface area contributed by atoms with Crippen molar-refractivity contribution in [1.29, 1.82) is 0 Å². The Bertz CT molecular complexity index is 506. The van der Waals surface area contributed by atoms with Crippen LogP contribution in [0.2, 0.25) is 0 Å². The molecule has 0 saturated heterocycles. The maximum atomic E-state index is 2.75. The molecule has 8 atom stereocenters. The van der Waals surface area contributed by atoms with Crippen LogP contribution in [0, 0.1) is 52.3 Å². The molecule has 0 radical (unpaired) electrons. The topological polar surface area (TPSA) is 0 Å². The molecule has 0 amide bonds. The Morgan fingerprint density at radius 1 is 0.741 bits per heavy atom. The highest BCUT2D eigenvalue weighted by atomic mass is 14.6. The van der Waals surface area contributed by atoms with Crippen LogP contribution < -0.4 is 0 Å². The van der Waals surface area contributed by atoms with Crippen molar-refractivity contribution in [2.45, 2.75) is 118 Å². The molecule has 4 saturated carbocycles. The van der Waals surface area contributed by atoms with Crippen LogP contribution in [-0.4, -0.2) is 0 Å². The monoisotopic (exact) mass is 372 g/mol. The summed E-state index contributed by atoms with van der Waals surface area (Å²) < 4.78 is 0. The molecule has 4 aliphatic carbocycles. The second-order valence-electron chi connectivity index (χ2n) is 12.4. The second kappa shape index (κ2) is 7.68. The highest BCUT2D eigenvalue weighted by Crippen LogP contribution is 2.68. The zero-order valence-electron chi connectivity index (χ0n) is 19.2. The normalized spacial score (nSPS) is 48.0. The van der Waals surface area contributed by atoms with Crippen LogP contribution in [0.1, 0.15) is 118 Å². The number of rotatable bonds is 5. The van der Waals surface area contributed by atoms with E-state index in [4.69, 9.17) is 0 Å². The highest BCUT2D eigenvalue weighted by Gasteiger charge is 2.59. The molecule has 0 unspecified atom stereocenters. The fourth-order valence-corrected chi connectivity index (χ4v) is 9.32. The minimum absolute atomic E-state index is 0.677. The van der Waals surface area contributed by atoms with Crippen LogP contribution in [0.15, 0.2) is 0 Å². The molecule has 156 valence electrons. The lowest BCUT2D eigenvalue weighted by molar-refractivity contribution is -0.114. The first kappa shape index (κ1) is 20.3. The van der Waals surface area contributed by atoms with Gasteiger partial charge in [0.2, 0.25) is 0 Å². The van der Waals surface area contributed by atoms with Gasteiger partial charge in [0.25, 0.3) is 0 Å². The molecule has 27 heavy (non-hydrogen) atoms. The highest BCUT2D eigenvalue weighted by molar-refractivity contribution is 5.09. The van der Waals surface area contributed by atoms with E-state index in [9.17, 15) is 0 Å². The Kier molecular flexibility index (Phi) is 5.77. The van der Waals surface area contributed by atoms with Crippen molar-refractivity contribution in [1.82, 2.24) is 0 Å². The molecule has 0 spiro atoms. The number of hydrogen-bond acceptors (Lipinski definition) is 0. The zero-order chi connectivity index (χ0) is 19.2. The third-order valence-corrected chi connectivity index (χ3v) is 10.8. The van der Waals surface area contributed by atoms with Gasteiger partial charge >= 0.3 is 0 Å². The largest absolute Gasteiger partial charge is 0.0628 e. The summed E-state index contributed by atoms with van der Waals surface area (Å²) in [6, 6.07) is 0. The van der Waals surface area contributed by atoms with Gasteiger partial charge in [-0.25, -0.2) is 0 Å². The van der Waals surface area contributed by atoms with Crippen molar-refractivity contribution < 1.29 is 0 Å². The van der Waals surface area contributed by atoms with Crippen molar-refractivity contribution in [3.05, 3.63) is 0 Å². The van der Waals surface area contributed by atoms with E-state index in [-0.39, 0.29) is 0 Å². The first-order chi connectivity index (χ1) is 12.9. The van der Waals surface area contributed by atoms with Gasteiger partial charge in [-0.05, 0) is 104 Å². The Labute approximate surface area is 170 Å². The summed E-state index contributed by atoms with van der Waals surface area (Å²) in [6.45, 7) is 12.9. The van der Waals surface area contributed by atoms with Crippen molar-refractivity contribution in [3.8, 4) is 0 Å². The van der Waals surface area contributed by atoms with E-state index in [0.717, 1.165) is 41.4 Å². The molecule has 0 aliphatic heterocycles. The maximum Gasteiger partial charge on any atom is -0.0264 e. The first-order valence-electron chi connectivity index (χ1n) is 12.9. The van der Waals surface area contributed by atoms with Gasteiger partial charge in [0.15, 0.2) is 0 Å². The Morgan fingerprint density at radius 2 is 1.52 bits per heavy atom. The molecular formula is C27H48. The molecule has 0 nitrogen and oxygen atoms in total. The third kappa shape index (κ3) is 3.44. The van der Waals surface area contributed by atoms with Crippen molar-refractivity contribution in [2.24, 2.45) is 52.3 Å². The van der Waals surface area contributed by atoms with Crippen LogP contribution in [0.3, 0.4) is 0 Å². The quantitative estimate of drug-likeness (QED) is 0.453. The van der Waals surface area contributed by atoms with Crippen LogP contribution in [0.5, 0.6) is 0 Å². The molecule has 0 aromatic carbocycles. The number of fused-ring (bicyclic) bond motifs is 5. The molecular weight excluding hydrogens is 324 g/mol. The SMILES string of the molecule is CC(C)CCC[C@H](C)[C@@H]1CC[C@@H]2[C@@H]3CC[C@H]4CCCC[C@]4(C)[C@@H]3CC[C@]21C. The van der Waals surface area contributed by atoms with Gasteiger partial charge < -0.3 is 0 Å². The minimum Gasteiger partial charge on any atom is -0.0628 e. The molecule has 0 bridgehead atoms. The molecule has 0 aromatic heterocycles. The lowest BCUT2D eigenvalue weighted by atomic mass is 9.44. The van der Waals surface area contributed by atoms with Crippen molar-refractivity contribution in [2.75, 3.05) is 0 Å². The average Bonchev–Trinajstić information content (AvgIpc) is 2.98. The smallest absolute Gasteiger partial charge is 0.0264 e. The van der Waals surface area contributed by atoms with Gasteiger partial charge in [0, 0.05) is 0 Å². The summed E-state index contributed by atoms with van der Waals surface area (Å²) in [6.07, 6.45) is 19.9. The molecule has 4 aliphatic rings. The average molecular weight is 373 g/mol. The van der Waals surface area contributed by atoms with Crippen LogP contribution in [0.4, 0.5) is 0 Å². The van der Waals surface area contributed by atoms with Gasteiger partial charge in [-0.1, -0.05) is 66.7 Å². The van der Waals surface area contributed by atoms with Gasteiger partial charge in [-0.2, -0.15) is 0 Å². The summed E-state index contributed by atoms with van der Waals surface area (Å²) in [5, 5.41) is 0. The van der Waals surface area contributed by atoms with Gasteiger partial charge in [-0.15, -0.1) is 0 Å². The summed E-state index contributed by atoms with van der Waals surface area (Å²) >= 11 is 0. The van der Waals surface area contributed by atoms with Gasteiger partial charge in [0.05, 0.1) is 0 Å². The zero-order valence-corrected chi connectivity index (χ0v) is 19.2. The van der Waals surface area contributed by atoms with E-state index in [0.29, 0.717) is 10.8 Å². The predicted octanol–water partition coefficient (Wildman–Crippen LogP) is 8.50. The standard InChI is InChI=1S/C27H48/c1-19(2)9-8-10-20(3)23-14-15-24-22-13-12-21-11-6-7-17-26(21,4)25(22)16-18-27(23,24)5/h19-25H,6-18H2,1-5H3/t20-,21+,22-,23-,24+,25+,26-,27-/m0/s1. The molecule has 0 heterocycles. The van der Waals surface area contributed by atoms with Crippen molar-refractivity contribution >= 4 is 0 Å². The minimum atomic E-state index is 0.677. The fraction of sp³-hybridized carbons (Fsp3) is 1.00. The second-order valence-corrected chi connectivity index (χ2v) is 12.4. The van der Waals surface area contributed by atoms with Gasteiger partial charge in [-0.3, -0.25) is 0 Å². The Morgan fingerprint density at radius 3 is 2.30 bits per heavy atom. The lowest BCUT2D eigenvalue weighted by Gasteiger charge is -2.61. The van der Waals surface area contributed by atoms with E-state index in [1.807, 2.05) is 0 Å². The maximum absolute atomic E-state index is 2.75. The summed E-state index contributed by atoms with van der Waals surface area (Å²) in [5.74, 6) is 7.15. The molecule has 4 fully saturated rings. The lowest BCUT2D eigenvalue weighted by Crippen LogP contribution is -2.53. The third-order valence-electron chi connectivity index (χ3n) is 10.8. The Balaban J connectivity index is 1.46. The van der Waals surface area contributed by atoms with Crippen LogP contribution >= 0.6 is 0 Å². The van der Waals surface area contributed by atoms with E-state index >= 15 is 0 Å². The van der Waals surface area contributed by atoms with Crippen molar-refractivity contribution in [3.63, 3.8) is 0 Å². The molecule has 0 heteroatoms. The summed E-state index contributed by atoms with van der Waals surface area (Å²) in [7, 11) is 0. The molecule has 0 aromatic rings. The predicted molar refractivity (Wildman–Crippen MR) is 118 cm³/mol. The summed E-state index contributed by atoms with van der Waals surface area (Å²) in [4.78, 5) is 0. The van der Waals surface area contributed by atoms with Crippen LogP contribution in [-0.2, 0) is 0 Å². The van der Waals surface area contributed by atoms with E-state index in [2.05, 4.69) is 34.6 Å². The first-order valence-corrected chi connectivity index (χ1v) is 12.9. The van der Waals surface area contributed by atoms with E-state index in [1.54, 1.807) is 51.4 Å². The van der Waals surface area contributed by atoms with Crippen LogP contribution in [0.25, 0.3) is 0 Å². The summed E-state index contributed by atoms with van der Waals surface area (Å²) in [5.41, 5.74) is 1.39. The molecule has 0 N–H and O–H groups in total. The van der Waals surface area contributed by atoms with E-state index in [1.165, 1.54) is 32.1 Å².